The molecule has 1 aromatic carbocycles. The number of halogens is 1. The molecule has 1 saturated carbocycles. The quantitative estimate of drug-likeness (QED) is 0.717. The molecule has 0 spiro atoms. The van der Waals surface area contributed by atoms with Crippen LogP contribution in [0.1, 0.15) is 64.4 Å². The van der Waals surface area contributed by atoms with E-state index in [4.69, 9.17) is 11.6 Å². The first-order valence-corrected chi connectivity index (χ1v) is 10.9. The van der Waals surface area contributed by atoms with Gasteiger partial charge < -0.3 is 10.6 Å². The van der Waals surface area contributed by atoms with Gasteiger partial charge >= 0.3 is 0 Å². The molecule has 1 aliphatic carbocycles. The van der Waals surface area contributed by atoms with Gasteiger partial charge in [-0.1, -0.05) is 49.4 Å². The molecule has 27 heavy (non-hydrogen) atoms. The Balaban J connectivity index is 1.66. The van der Waals surface area contributed by atoms with E-state index in [2.05, 4.69) is 21.6 Å². The van der Waals surface area contributed by atoms with Gasteiger partial charge in [0.15, 0.2) is 0 Å². The maximum Gasteiger partial charge on any atom is 0.237 e. The molecule has 4 nitrogen and oxygen atoms in total. The number of hydrogen-bond donors (Lipinski definition) is 2. The zero-order valence-corrected chi connectivity index (χ0v) is 17.5. The van der Waals surface area contributed by atoms with Gasteiger partial charge in [-0.05, 0) is 50.8 Å². The third-order valence-electron chi connectivity index (χ3n) is 5.74. The van der Waals surface area contributed by atoms with Crippen molar-refractivity contribution in [3.8, 4) is 0 Å². The van der Waals surface area contributed by atoms with Crippen molar-refractivity contribution in [2.24, 2.45) is 0 Å². The van der Waals surface area contributed by atoms with E-state index in [1.807, 2.05) is 32.0 Å². The summed E-state index contributed by atoms with van der Waals surface area (Å²) in [5, 5.41) is 7.74. The second kappa shape index (κ2) is 9.90. The molecule has 1 aliphatic heterocycles. The monoisotopic (exact) mass is 391 g/mol. The molecule has 150 valence electrons. The predicted molar refractivity (Wildman–Crippen MR) is 112 cm³/mol. The molecule has 5 heteroatoms. The first-order valence-electron chi connectivity index (χ1n) is 10.6. The Hall–Kier alpha value is -1.10. The van der Waals surface area contributed by atoms with Crippen molar-refractivity contribution in [3.05, 3.63) is 34.9 Å². The van der Waals surface area contributed by atoms with E-state index in [1.165, 1.54) is 44.1 Å². The summed E-state index contributed by atoms with van der Waals surface area (Å²) >= 11 is 6.16. The minimum Gasteiger partial charge on any atom is -0.353 e. The van der Waals surface area contributed by atoms with Crippen molar-refractivity contribution in [2.45, 2.75) is 89.5 Å². The van der Waals surface area contributed by atoms with E-state index < -0.39 is 0 Å². The summed E-state index contributed by atoms with van der Waals surface area (Å²) in [5.74, 6) is 0.150. The van der Waals surface area contributed by atoms with Gasteiger partial charge in [0.2, 0.25) is 5.91 Å². The minimum absolute atomic E-state index is 0.0744. The fraction of sp³-hybridized carbons (Fsp3) is 0.682. The zero-order chi connectivity index (χ0) is 19.2. The lowest BCUT2D eigenvalue weighted by atomic mass is 10.1. The number of nitrogens with zero attached hydrogens (tertiary/aromatic N) is 1. The third kappa shape index (κ3) is 6.20. The van der Waals surface area contributed by atoms with Gasteiger partial charge in [0, 0.05) is 36.2 Å². The second-order valence-corrected chi connectivity index (χ2v) is 8.96. The normalized spacial score (nSPS) is 24.9. The lowest BCUT2D eigenvalue weighted by molar-refractivity contribution is -0.126. The highest BCUT2D eigenvalue weighted by Gasteiger charge is 2.37. The van der Waals surface area contributed by atoms with Crippen LogP contribution in [0.15, 0.2) is 24.3 Å². The maximum absolute atomic E-state index is 12.8. The summed E-state index contributed by atoms with van der Waals surface area (Å²) in [5.41, 5.74) is 1.17. The highest BCUT2D eigenvalue weighted by molar-refractivity contribution is 6.30. The number of carbonyl (C=O) groups is 1. The van der Waals surface area contributed by atoms with Crippen molar-refractivity contribution in [1.29, 1.82) is 0 Å². The van der Waals surface area contributed by atoms with Crippen molar-refractivity contribution in [3.63, 3.8) is 0 Å². The molecule has 0 unspecified atom stereocenters. The standard InChI is InChI=1S/C22H34ClN3O/c1-16(2)24-22(27)21-13-20(25-19-10-5-3-4-6-11-19)15-26(21)14-17-8-7-9-18(23)12-17/h7-9,12,16,19-21,25H,3-6,10-11,13-15H2,1-2H3,(H,24,27)/t20-,21-/m0/s1. The van der Waals surface area contributed by atoms with Crippen LogP contribution in [0.4, 0.5) is 0 Å². The highest BCUT2D eigenvalue weighted by atomic mass is 35.5. The van der Waals surface area contributed by atoms with E-state index in [9.17, 15) is 4.79 Å². The Morgan fingerprint density at radius 2 is 1.93 bits per heavy atom. The number of rotatable bonds is 6. The molecule has 2 aliphatic rings. The molecule has 0 bridgehead atoms. The Labute approximate surface area is 169 Å². The van der Waals surface area contributed by atoms with Crippen LogP contribution in [0, 0.1) is 0 Å². The molecular formula is C22H34ClN3O. The average Bonchev–Trinajstić information content (AvgIpc) is 2.82. The van der Waals surface area contributed by atoms with Gasteiger partial charge in [0.1, 0.15) is 0 Å². The fourth-order valence-corrected chi connectivity index (χ4v) is 4.71. The molecule has 1 heterocycles. The van der Waals surface area contributed by atoms with Gasteiger partial charge in [0.25, 0.3) is 0 Å². The second-order valence-electron chi connectivity index (χ2n) is 8.53. The smallest absolute Gasteiger partial charge is 0.237 e. The number of nitrogens with one attached hydrogen (secondary N) is 2. The number of carbonyl (C=O) groups excluding carboxylic acids is 1. The Morgan fingerprint density at radius 1 is 1.19 bits per heavy atom. The van der Waals surface area contributed by atoms with Gasteiger partial charge in [0.05, 0.1) is 6.04 Å². The Bertz CT molecular complexity index is 613. The van der Waals surface area contributed by atoms with Crippen molar-refractivity contribution in [1.82, 2.24) is 15.5 Å². The number of hydrogen-bond acceptors (Lipinski definition) is 3. The first-order chi connectivity index (χ1) is 13.0. The molecule has 0 radical (unpaired) electrons. The van der Waals surface area contributed by atoms with E-state index in [1.54, 1.807) is 0 Å². The van der Waals surface area contributed by atoms with Crippen molar-refractivity contribution in [2.75, 3.05) is 6.54 Å². The van der Waals surface area contributed by atoms with E-state index >= 15 is 0 Å². The van der Waals surface area contributed by atoms with Crippen LogP contribution in [0.3, 0.4) is 0 Å². The topological polar surface area (TPSA) is 44.4 Å². The molecule has 3 rings (SSSR count). The van der Waals surface area contributed by atoms with Gasteiger partial charge in [-0.25, -0.2) is 0 Å². The predicted octanol–water partition coefficient (Wildman–Crippen LogP) is 4.12. The Morgan fingerprint density at radius 3 is 2.59 bits per heavy atom. The minimum atomic E-state index is -0.0744. The first kappa shape index (κ1) is 20.6. The summed E-state index contributed by atoms with van der Waals surface area (Å²) in [4.78, 5) is 15.1. The third-order valence-corrected chi connectivity index (χ3v) is 5.97. The maximum atomic E-state index is 12.8. The van der Waals surface area contributed by atoms with E-state index in [-0.39, 0.29) is 18.0 Å². The summed E-state index contributed by atoms with van der Waals surface area (Å²) in [6.07, 6.45) is 8.81. The lowest BCUT2D eigenvalue weighted by Crippen LogP contribution is -2.45. The fourth-order valence-electron chi connectivity index (χ4n) is 4.50. The summed E-state index contributed by atoms with van der Waals surface area (Å²) in [6.45, 7) is 5.73. The molecular weight excluding hydrogens is 358 g/mol. The molecule has 2 N–H and O–H groups in total. The van der Waals surface area contributed by atoms with Crippen LogP contribution in [-0.4, -0.2) is 41.5 Å². The summed E-state index contributed by atoms with van der Waals surface area (Å²) < 4.78 is 0. The van der Waals surface area contributed by atoms with Crippen LogP contribution in [0.25, 0.3) is 0 Å². The van der Waals surface area contributed by atoms with Gasteiger partial charge in [-0.15, -0.1) is 0 Å². The zero-order valence-electron chi connectivity index (χ0n) is 16.7. The number of benzene rings is 1. The van der Waals surface area contributed by atoms with Gasteiger partial charge in [-0.3, -0.25) is 9.69 Å². The van der Waals surface area contributed by atoms with Crippen LogP contribution in [0.2, 0.25) is 5.02 Å². The average molecular weight is 392 g/mol. The molecule has 1 saturated heterocycles. The van der Waals surface area contributed by atoms with Crippen LogP contribution in [-0.2, 0) is 11.3 Å². The summed E-state index contributed by atoms with van der Waals surface area (Å²) in [7, 11) is 0. The van der Waals surface area contributed by atoms with E-state index in [0.717, 1.165) is 24.5 Å². The number of amides is 1. The van der Waals surface area contributed by atoms with Crippen LogP contribution < -0.4 is 10.6 Å². The number of likely N-dealkylation sites (tertiary alicyclic amines) is 1. The van der Waals surface area contributed by atoms with Gasteiger partial charge in [-0.2, -0.15) is 0 Å². The van der Waals surface area contributed by atoms with E-state index in [0.29, 0.717) is 12.1 Å². The lowest BCUT2D eigenvalue weighted by Gasteiger charge is -2.24. The molecule has 1 amide bonds. The Kier molecular flexibility index (Phi) is 7.57. The molecule has 0 aromatic heterocycles. The SMILES string of the molecule is CC(C)NC(=O)[C@@H]1C[C@H](NC2CCCCCC2)CN1Cc1cccc(Cl)c1. The largest absolute Gasteiger partial charge is 0.353 e. The molecule has 1 aromatic rings. The summed E-state index contributed by atoms with van der Waals surface area (Å²) in [6, 6.07) is 9.06. The molecule has 2 atom stereocenters. The van der Waals surface area contributed by atoms with Crippen molar-refractivity contribution >= 4 is 17.5 Å². The van der Waals surface area contributed by atoms with Crippen LogP contribution >= 0.6 is 11.6 Å². The van der Waals surface area contributed by atoms with Crippen molar-refractivity contribution < 1.29 is 4.79 Å². The molecule has 2 fully saturated rings. The van der Waals surface area contributed by atoms with Crippen LogP contribution in [0.5, 0.6) is 0 Å². The highest BCUT2D eigenvalue weighted by Crippen LogP contribution is 2.25.